The van der Waals surface area contributed by atoms with Crippen LogP contribution in [0.4, 0.5) is 13.2 Å². The van der Waals surface area contributed by atoms with Crippen molar-refractivity contribution in [3.63, 3.8) is 0 Å². The zero-order valence-electron chi connectivity index (χ0n) is 18.6. The monoisotopic (exact) mass is 424 g/mol. The van der Waals surface area contributed by atoms with E-state index >= 15 is 0 Å². The molecule has 0 bridgehead atoms. The Morgan fingerprint density at radius 2 is 1.33 bits per heavy atom. The molecule has 170 valence electrons. The molecule has 0 saturated heterocycles. The number of halogens is 3. The summed E-state index contributed by atoms with van der Waals surface area (Å²) < 4.78 is 41.0. The standard InChI is InChI=1S/C26H39F3O/c1-2-3-4-5-6-7-20-8-10-21(11-9-20)22-12-14-23(15-13-22)24-16-18-25(19-17-24)30-26(27,28)29/h16-23H,2-15H2,1H3/t20-,21-,22-,23-. The van der Waals surface area contributed by atoms with Gasteiger partial charge in [0.1, 0.15) is 5.75 Å². The van der Waals surface area contributed by atoms with Crippen molar-refractivity contribution in [2.75, 3.05) is 0 Å². The first-order valence-electron chi connectivity index (χ1n) is 12.3. The maximum Gasteiger partial charge on any atom is 0.573 e. The van der Waals surface area contributed by atoms with E-state index in [9.17, 15) is 13.2 Å². The predicted molar refractivity (Wildman–Crippen MR) is 117 cm³/mol. The van der Waals surface area contributed by atoms with E-state index in [2.05, 4.69) is 11.7 Å². The van der Waals surface area contributed by atoms with E-state index in [1.165, 1.54) is 102 Å². The number of ether oxygens (including phenoxy) is 1. The summed E-state index contributed by atoms with van der Waals surface area (Å²) in [5.74, 6) is 3.10. The molecule has 1 aromatic carbocycles. The third kappa shape index (κ3) is 7.50. The van der Waals surface area contributed by atoms with Gasteiger partial charge in [-0.1, -0.05) is 70.4 Å². The Kier molecular flexibility index (Phi) is 8.95. The van der Waals surface area contributed by atoms with E-state index in [1.54, 1.807) is 0 Å². The first-order chi connectivity index (χ1) is 14.4. The summed E-state index contributed by atoms with van der Waals surface area (Å²) in [7, 11) is 0. The number of benzene rings is 1. The van der Waals surface area contributed by atoms with Crippen molar-refractivity contribution in [1.82, 2.24) is 0 Å². The van der Waals surface area contributed by atoms with Gasteiger partial charge >= 0.3 is 6.36 Å². The van der Waals surface area contributed by atoms with Crippen molar-refractivity contribution in [2.45, 2.75) is 109 Å². The van der Waals surface area contributed by atoms with Crippen LogP contribution in [0.5, 0.6) is 5.75 Å². The molecule has 1 nitrogen and oxygen atoms in total. The molecule has 2 saturated carbocycles. The van der Waals surface area contributed by atoms with Crippen molar-refractivity contribution in [3.05, 3.63) is 29.8 Å². The van der Waals surface area contributed by atoms with Crippen LogP contribution in [0.3, 0.4) is 0 Å². The topological polar surface area (TPSA) is 9.23 Å². The molecule has 0 amide bonds. The highest BCUT2D eigenvalue weighted by atomic mass is 19.4. The Morgan fingerprint density at radius 1 is 0.767 bits per heavy atom. The van der Waals surface area contributed by atoms with E-state index < -0.39 is 6.36 Å². The van der Waals surface area contributed by atoms with Crippen molar-refractivity contribution in [1.29, 1.82) is 0 Å². The molecule has 4 heteroatoms. The van der Waals surface area contributed by atoms with Crippen LogP contribution in [-0.2, 0) is 0 Å². The third-order valence-corrected chi connectivity index (χ3v) is 7.63. The van der Waals surface area contributed by atoms with E-state index in [0.717, 1.165) is 23.3 Å². The van der Waals surface area contributed by atoms with Crippen LogP contribution in [0.2, 0.25) is 0 Å². The lowest BCUT2D eigenvalue weighted by Gasteiger charge is -2.38. The van der Waals surface area contributed by atoms with E-state index in [4.69, 9.17) is 0 Å². The highest BCUT2D eigenvalue weighted by Gasteiger charge is 2.32. The van der Waals surface area contributed by atoms with E-state index in [-0.39, 0.29) is 5.75 Å². The summed E-state index contributed by atoms with van der Waals surface area (Å²) in [6, 6.07) is 6.55. The summed E-state index contributed by atoms with van der Waals surface area (Å²) in [6.45, 7) is 2.28. The maximum atomic E-state index is 12.3. The molecule has 2 fully saturated rings. The van der Waals surface area contributed by atoms with Crippen molar-refractivity contribution in [3.8, 4) is 5.75 Å². The largest absolute Gasteiger partial charge is 0.573 e. The molecule has 0 unspecified atom stereocenters. The molecular weight excluding hydrogens is 385 g/mol. The number of rotatable bonds is 9. The average molecular weight is 425 g/mol. The van der Waals surface area contributed by atoms with Crippen molar-refractivity contribution >= 4 is 0 Å². The molecule has 0 atom stereocenters. The van der Waals surface area contributed by atoms with Crippen LogP contribution in [-0.4, -0.2) is 6.36 Å². The Labute approximate surface area is 180 Å². The van der Waals surface area contributed by atoms with Crippen LogP contribution < -0.4 is 4.74 Å². The molecule has 2 aliphatic carbocycles. The number of alkyl halides is 3. The summed E-state index contributed by atoms with van der Waals surface area (Å²) >= 11 is 0. The molecular formula is C26H39F3O. The molecule has 0 heterocycles. The van der Waals surface area contributed by atoms with Gasteiger partial charge in [0.25, 0.3) is 0 Å². The lowest BCUT2D eigenvalue weighted by Crippen LogP contribution is -2.25. The van der Waals surface area contributed by atoms with Gasteiger partial charge in [-0.3, -0.25) is 0 Å². The van der Waals surface area contributed by atoms with Gasteiger partial charge in [-0.05, 0) is 79.9 Å². The van der Waals surface area contributed by atoms with Crippen LogP contribution in [0.15, 0.2) is 24.3 Å². The Balaban J connectivity index is 1.36. The lowest BCUT2D eigenvalue weighted by molar-refractivity contribution is -0.274. The highest BCUT2D eigenvalue weighted by molar-refractivity contribution is 5.29. The molecule has 0 N–H and O–H groups in total. The Bertz CT molecular complexity index is 594. The van der Waals surface area contributed by atoms with Gasteiger partial charge in [0.2, 0.25) is 0 Å². The molecule has 0 spiro atoms. The molecule has 30 heavy (non-hydrogen) atoms. The lowest BCUT2D eigenvalue weighted by atomic mass is 9.68. The molecule has 0 radical (unpaired) electrons. The summed E-state index contributed by atoms with van der Waals surface area (Å²) in [5.41, 5.74) is 1.16. The van der Waals surface area contributed by atoms with Crippen LogP contribution >= 0.6 is 0 Å². The zero-order valence-corrected chi connectivity index (χ0v) is 18.6. The van der Waals surface area contributed by atoms with Gasteiger partial charge in [-0.2, -0.15) is 0 Å². The minimum Gasteiger partial charge on any atom is -0.406 e. The summed E-state index contributed by atoms with van der Waals surface area (Å²) in [5, 5.41) is 0. The third-order valence-electron chi connectivity index (χ3n) is 7.63. The van der Waals surface area contributed by atoms with Gasteiger partial charge in [-0.15, -0.1) is 13.2 Å². The van der Waals surface area contributed by atoms with Gasteiger partial charge < -0.3 is 4.74 Å². The van der Waals surface area contributed by atoms with Gasteiger partial charge in [0, 0.05) is 0 Å². The van der Waals surface area contributed by atoms with E-state index in [1.807, 2.05) is 12.1 Å². The first-order valence-corrected chi connectivity index (χ1v) is 12.3. The molecule has 0 aromatic heterocycles. The molecule has 2 aliphatic rings. The molecule has 0 aliphatic heterocycles. The molecule has 3 rings (SSSR count). The second-order valence-electron chi connectivity index (χ2n) is 9.71. The molecule has 1 aromatic rings. The fourth-order valence-corrected chi connectivity index (χ4v) is 5.85. The predicted octanol–water partition coefficient (Wildman–Crippen LogP) is 9.03. The highest BCUT2D eigenvalue weighted by Crippen LogP contribution is 2.44. The fraction of sp³-hybridized carbons (Fsp3) is 0.769. The van der Waals surface area contributed by atoms with Crippen LogP contribution in [0.25, 0.3) is 0 Å². The van der Waals surface area contributed by atoms with Crippen molar-refractivity contribution in [2.24, 2.45) is 17.8 Å². The smallest absolute Gasteiger partial charge is 0.406 e. The minimum atomic E-state index is -4.62. The van der Waals surface area contributed by atoms with E-state index in [0.29, 0.717) is 5.92 Å². The average Bonchev–Trinajstić information content (AvgIpc) is 2.74. The maximum absolute atomic E-state index is 12.3. The fourth-order valence-electron chi connectivity index (χ4n) is 5.85. The van der Waals surface area contributed by atoms with Gasteiger partial charge in [-0.25, -0.2) is 0 Å². The van der Waals surface area contributed by atoms with Crippen LogP contribution in [0, 0.1) is 17.8 Å². The summed E-state index contributed by atoms with van der Waals surface area (Å²) in [6.07, 6.45) is 14.4. The van der Waals surface area contributed by atoms with Gasteiger partial charge in [0.05, 0.1) is 0 Å². The quantitative estimate of drug-likeness (QED) is 0.359. The Hall–Kier alpha value is -1.19. The zero-order chi connectivity index (χ0) is 21.4. The normalized spacial score (nSPS) is 27.7. The Morgan fingerprint density at radius 3 is 1.90 bits per heavy atom. The summed E-state index contributed by atoms with van der Waals surface area (Å²) in [4.78, 5) is 0. The number of hydrogen-bond acceptors (Lipinski definition) is 1. The minimum absolute atomic E-state index is 0.123. The van der Waals surface area contributed by atoms with Gasteiger partial charge in [0.15, 0.2) is 0 Å². The number of unbranched alkanes of at least 4 members (excludes halogenated alkanes) is 4. The second-order valence-corrected chi connectivity index (χ2v) is 9.71. The SMILES string of the molecule is CCCCCCC[C@H]1CC[C@H]([C@H]2CC[C@H](c3ccc(OC(F)(F)F)cc3)CC2)CC1. The number of hydrogen-bond donors (Lipinski definition) is 0. The van der Waals surface area contributed by atoms with Crippen LogP contribution in [0.1, 0.15) is 108 Å². The van der Waals surface area contributed by atoms with Crippen molar-refractivity contribution < 1.29 is 17.9 Å². The second kappa shape index (κ2) is 11.4. The first kappa shape index (κ1) is 23.5.